The Bertz CT molecular complexity index is 636. The van der Waals surface area contributed by atoms with Gasteiger partial charge in [0.25, 0.3) is 0 Å². The first-order valence-electron chi connectivity index (χ1n) is 8.89. The van der Waals surface area contributed by atoms with Gasteiger partial charge in [-0.25, -0.2) is 4.98 Å². The van der Waals surface area contributed by atoms with Crippen LogP contribution in [0.4, 0.5) is 5.82 Å². The van der Waals surface area contributed by atoms with Crippen molar-refractivity contribution in [1.29, 1.82) is 0 Å². The normalized spacial score (nSPS) is 22.0. The summed E-state index contributed by atoms with van der Waals surface area (Å²) in [5.74, 6) is 1.11. The molecular formula is C20H25N3. The number of likely N-dealkylation sites (tertiary alicyclic amines) is 1. The Kier molecular flexibility index (Phi) is 4.29. The Hall–Kier alpha value is -1.87. The molecule has 1 atom stereocenters. The van der Waals surface area contributed by atoms with Crippen LogP contribution in [-0.4, -0.2) is 22.5 Å². The minimum absolute atomic E-state index is 0.492. The summed E-state index contributed by atoms with van der Waals surface area (Å²) in [6, 6.07) is 16.3. The Morgan fingerprint density at radius 1 is 1.00 bits per heavy atom. The summed E-state index contributed by atoms with van der Waals surface area (Å²) in [5, 5.41) is 3.67. The Morgan fingerprint density at radius 3 is 2.65 bits per heavy atom. The summed E-state index contributed by atoms with van der Waals surface area (Å²) in [5.41, 5.74) is 2.78. The molecule has 0 spiro atoms. The zero-order valence-corrected chi connectivity index (χ0v) is 13.6. The molecule has 3 heteroatoms. The quantitative estimate of drug-likeness (QED) is 0.888. The van der Waals surface area contributed by atoms with E-state index >= 15 is 0 Å². The van der Waals surface area contributed by atoms with Crippen LogP contribution < -0.4 is 5.32 Å². The molecular weight excluding hydrogens is 282 g/mol. The summed E-state index contributed by atoms with van der Waals surface area (Å²) in [6.07, 6.45) is 8.35. The zero-order valence-electron chi connectivity index (χ0n) is 13.6. The van der Waals surface area contributed by atoms with Crippen LogP contribution in [0.5, 0.6) is 0 Å². The molecule has 0 bridgehead atoms. The van der Waals surface area contributed by atoms with Crippen LogP contribution in [0.25, 0.3) is 0 Å². The van der Waals surface area contributed by atoms with Gasteiger partial charge in [0.2, 0.25) is 0 Å². The van der Waals surface area contributed by atoms with Crippen LogP contribution >= 0.6 is 0 Å². The number of nitrogens with one attached hydrogen (secondary N) is 1. The van der Waals surface area contributed by atoms with Crippen molar-refractivity contribution in [3.8, 4) is 0 Å². The summed E-state index contributed by atoms with van der Waals surface area (Å²) in [7, 11) is 0. The van der Waals surface area contributed by atoms with E-state index in [1.165, 1.54) is 49.8 Å². The van der Waals surface area contributed by atoms with Crippen molar-refractivity contribution in [2.45, 2.75) is 50.7 Å². The van der Waals surface area contributed by atoms with E-state index in [-0.39, 0.29) is 0 Å². The van der Waals surface area contributed by atoms with Gasteiger partial charge in [0.15, 0.2) is 0 Å². The van der Waals surface area contributed by atoms with E-state index in [9.17, 15) is 0 Å². The lowest BCUT2D eigenvalue weighted by atomic mass is 9.92. The first-order chi connectivity index (χ1) is 11.4. The molecule has 0 amide bonds. The predicted octanol–water partition coefficient (Wildman–Crippen LogP) is 4.38. The standard InChI is InChI=1S/C20H25N3/c1-2-7-16(8-3-1)15-23-14-6-12-19(23)18-11-5-13-21-20(18)22-17-9-4-10-17/h1-3,5,7-8,11,13,17,19H,4,6,9-10,12,14-15H2,(H,21,22)/t19-/m1/s1. The second-order valence-corrected chi connectivity index (χ2v) is 6.83. The first kappa shape index (κ1) is 14.7. The van der Waals surface area contributed by atoms with E-state index in [2.05, 4.69) is 57.7 Å². The molecule has 1 saturated heterocycles. The molecule has 1 aliphatic heterocycles. The van der Waals surface area contributed by atoms with Crippen LogP contribution in [0.2, 0.25) is 0 Å². The second-order valence-electron chi connectivity index (χ2n) is 6.83. The third-order valence-corrected chi connectivity index (χ3v) is 5.24. The van der Waals surface area contributed by atoms with Gasteiger partial charge < -0.3 is 5.32 Å². The summed E-state index contributed by atoms with van der Waals surface area (Å²) >= 11 is 0. The Morgan fingerprint density at radius 2 is 1.87 bits per heavy atom. The summed E-state index contributed by atoms with van der Waals surface area (Å²) < 4.78 is 0. The van der Waals surface area contributed by atoms with Gasteiger partial charge in [0.05, 0.1) is 0 Å². The van der Waals surface area contributed by atoms with Crippen molar-refractivity contribution in [3.63, 3.8) is 0 Å². The molecule has 1 N–H and O–H groups in total. The highest BCUT2D eigenvalue weighted by Gasteiger charge is 2.29. The average molecular weight is 307 g/mol. The molecule has 120 valence electrons. The molecule has 2 aromatic rings. The van der Waals surface area contributed by atoms with Crippen molar-refractivity contribution in [2.75, 3.05) is 11.9 Å². The van der Waals surface area contributed by atoms with E-state index in [4.69, 9.17) is 0 Å². The molecule has 4 rings (SSSR count). The molecule has 3 nitrogen and oxygen atoms in total. The molecule has 1 aliphatic carbocycles. The van der Waals surface area contributed by atoms with Gasteiger partial charge in [-0.05, 0) is 50.3 Å². The lowest BCUT2D eigenvalue weighted by molar-refractivity contribution is 0.248. The number of anilines is 1. The SMILES string of the molecule is c1ccc(CN2CCC[C@@H]2c2cccnc2NC2CCC2)cc1. The number of rotatable bonds is 5. The summed E-state index contributed by atoms with van der Waals surface area (Å²) in [6.45, 7) is 2.21. The minimum atomic E-state index is 0.492. The number of nitrogens with zero attached hydrogens (tertiary/aromatic N) is 2. The largest absolute Gasteiger partial charge is 0.367 e. The highest BCUT2D eigenvalue weighted by molar-refractivity contribution is 5.47. The van der Waals surface area contributed by atoms with Crippen LogP contribution in [-0.2, 0) is 6.54 Å². The molecule has 2 fully saturated rings. The fraction of sp³-hybridized carbons (Fsp3) is 0.450. The van der Waals surface area contributed by atoms with E-state index in [1.807, 2.05) is 6.20 Å². The van der Waals surface area contributed by atoms with Gasteiger partial charge in [-0.1, -0.05) is 36.4 Å². The van der Waals surface area contributed by atoms with Gasteiger partial charge in [0.1, 0.15) is 5.82 Å². The highest BCUT2D eigenvalue weighted by Crippen LogP contribution is 2.37. The van der Waals surface area contributed by atoms with E-state index < -0.39 is 0 Å². The molecule has 0 unspecified atom stereocenters. The van der Waals surface area contributed by atoms with E-state index in [1.54, 1.807) is 0 Å². The van der Waals surface area contributed by atoms with Gasteiger partial charge in [-0.2, -0.15) is 0 Å². The molecule has 1 aromatic heterocycles. The second kappa shape index (κ2) is 6.71. The number of benzene rings is 1. The molecule has 23 heavy (non-hydrogen) atoms. The highest BCUT2D eigenvalue weighted by atomic mass is 15.2. The topological polar surface area (TPSA) is 28.2 Å². The lowest BCUT2D eigenvalue weighted by Crippen LogP contribution is -2.29. The first-order valence-corrected chi connectivity index (χ1v) is 8.89. The van der Waals surface area contributed by atoms with Crippen LogP contribution in [0.15, 0.2) is 48.7 Å². The Balaban J connectivity index is 1.54. The van der Waals surface area contributed by atoms with Crippen molar-refractivity contribution >= 4 is 5.82 Å². The fourth-order valence-corrected chi connectivity index (χ4v) is 3.74. The molecule has 1 aromatic carbocycles. The predicted molar refractivity (Wildman–Crippen MR) is 94.3 cm³/mol. The van der Waals surface area contributed by atoms with Crippen molar-refractivity contribution < 1.29 is 0 Å². The van der Waals surface area contributed by atoms with Crippen LogP contribution in [0.1, 0.15) is 49.3 Å². The maximum absolute atomic E-state index is 4.65. The maximum Gasteiger partial charge on any atom is 0.130 e. The van der Waals surface area contributed by atoms with E-state index in [0.717, 1.165) is 12.4 Å². The third kappa shape index (κ3) is 3.25. The van der Waals surface area contributed by atoms with Gasteiger partial charge in [0, 0.05) is 30.4 Å². The molecule has 0 radical (unpaired) electrons. The lowest BCUT2D eigenvalue weighted by Gasteiger charge is -2.31. The van der Waals surface area contributed by atoms with Crippen LogP contribution in [0.3, 0.4) is 0 Å². The number of hydrogen-bond acceptors (Lipinski definition) is 3. The Labute approximate surface area is 138 Å². The van der Waals surface area contributed by atoms with Crippen molar-refractivity contribution in [2.24, 2.45) is 0 Å². The smallest absolute Gasteiger partial charge is 0.130 e. The average Bonchev–Trinajstić information content (AvgIpc) is 3.00. The maximum atomic E-state index is 4.65. The number of hydrogen-bond donors (Lipinski definition) is 1. The molecule has 2 aliphatic rings. The minimum Gasteiger partial charge on any atom is -0.367 e. The van der Waals surface area contributed by atoms with Crippen molar-refractivity contribution in [1.82, 2.24) is 9.88 Å². The van der Waals surface area contributed by atoms with Crippen LogP contribution in [0, 0.1) is 0 Å². The van der Waals surface area contributed by atoms with E-state index in [0.29, 0.717) is 12.1 Å². The zero-order chi connectivity index (χ0) is 15.5. The monoisotopic (exact) mass is 307 g/mol. The third-order valence-electron chi connectivity index (χ3n) is 5.24. The molecule has 1 saturated carbocycles. The number of pyridine rings is 1. The van der Waals surface area contributed by atoms with Gasteiger partial charge >= 0.3 is 0 Å². The van der Waals surface area contributed by atoms with Crippen molar-refractivity contribution in [3.05, 3.63) is 59.8 Å². The summed E-state index contributed by atoms with van der Waals surface area (Å²) in [4.78, 5) is 7.26. The molecule has 2 heterocycles. The van der Waals surface area contributed by atoms with Gasteiger partial charge in [-0.15, -0.1) is 0 Å². The van der Waals surface area contributed by atoms with Gasteiger partial charge in [-0.3, -0.25) is 4.90 Å². The number of aromatic nitrogens is 1. The fourth-order valence-electron chi connectivity index (χ4n) is 3.74.